The van der Waals surface area contributed by atoms with Gasteiger partial charge in [-0.3, -0.25) is 4.98 Å². The number of furan rings is 1. The molecule has 136 valence electrons. The molecule has 0 aliphatic heterocycles. The zero-order valence-electron chi connectivity index (χ0n) is 15.1. The van der Waals surface area contributed by atoms with E-state index in [0.29, 0.717) is 12.1 Å². The second-order valence-electron chi connectivity index (χ2n) is 7.36. The highest BCUT2D eigenvalue weighted by Gasteiger charge is 2.19. The highest BCUT2D eigenvalue weighted by Crippen LogP contribution is 2.32. The molecule has 1 aliphatic carbocycles. The molecule has 5 nitrogen and oxygen atoms in total. The van der Waals surface area contributed by atoms with Gasteiger partial charge in [0.2, 0.25) is 0 Å². The summed E-state index contributed by atoms with van der Waals surface area (Å²) in [5, 5.41) is 5.67. The van der Waals surface area contributed by atoms with E-state index in [9.17, 15) is 0 Å². The molecule has 0 bridgehead atoms. The van der Waals surface area contributed by atoms with Crippen molar-refractivity contribution in [3.8, 4) is 11.3 Å². The number of nitrogens with two attached hydrogens (primary N) is 1. The molecule has 0 saturated heterocycles. The molecule has 4 aromatic rings. The lowest BCUT2D eigenvalue weighted by molar-refractivity contribution is 0.410. The van der Waals surface area contributed by atoms with E-state index in [1.54, 1.807) is 0 Å². The highest BCUT2D eigenvalue weighted by atomic mass is 16.3. The second kappa shape index (κ2) is 6.67. The zero-order chi connectivity index (χ0) is 18.2. The molecule has 3 heterocycles. The van der Waals surface area contributed by atoms with Gasteiger partial charge in [-0.2, -0.15) is 0 Å². The largest absolute Gasteiger partial charge is 0.456 e. The van der Waals surface area contributed by atoms with E-state index in [1.807, 2.05) is 36.7 Å². The average molecular weight is 358 g/mol. The molecule has 0 amide bonds. The molecule has 0 spiro atoms. The molecule has 5 rings (SSSR count). The number of anilines is 1. The zero-order valence-corrected chi connectivity index (χ0v) is 15.1. The van der Waals surface area contributed by atoms with Crippen LogP contribution in [0.4, 0.5) is 5.82 Å². The van der Waals surface area contributed by atoms with Crippen LogP contribution in [0.5, 0.6) is 0 Å². The first-order chi connectivity index (χ1) is 13.3. The summed E-state index contributed by atoms with van der Waals surface area (Å²) < 4.78 is 6.05. The summed E-state index contributed by atoms with van der Waals surface area (Å²) in [5.74, 6) is 1.69. The van der Waals surface area contributed by atoms with Crippen LogP contribution in [0.2, 0.25) is 0 Å². The maximum atomic E-state index is 6.05. The molecule has 0 radical (unpaired) electrons. The monoisotopic (exact) mass is 358 g/mol. The molecule has 5 heteroatoms. The number of fused-ring (bicyclic) bond motifs is 2. The normalized spacial score (nSPS) is 20.2. The minimum atomic E-state index is 0.346. The van der Waals surface area contributed by atoms with E-state index in [1.165, 1.54) is 0 Å². The fraction of sp³-hybridized carbons (Fsp3) is 0.273. The number of nitrogens with one attached hydrogen (secondary N) is 1. The average Bonchev–Trinajstić information content (AvgIpc) is 3.13. The fourth-order valence-corrected chi connectivity index (χ4v) is 3.89. The van der Waals surface area contributed by atoms with Crippen molar-refractivity contribution in [2.45, 2.75) is 37.8 Å². The highest BCUT2D eigenvalue weighted by molar-refractivity contribution is 5.94. The van der Waals surface area contributed by atoms with Crippen molar-refractivity contribution in [3.05, 3.63) is 54.9 Å². The van der Waals surface area contributed by atoms with E-state index in [-0.39, 0.29) is 0 Å². The Hall–Kier alpha value is -2.92. The number of benzene rings is 1. The molecule has 1 fully saturated rings. The van der Waals surface area contributed by atoms with Gasteiger partial charge >= 0.3 is 0 Å². The summed E-state index contributed by atoms with van der Waals surface area (Å²) in [5.41, 5.74) is 8.71. The van der Waals surface area contributed by atoms with Crippen molar-refractivity contribution in [2.75, 3.05) is 5.32 Å². The van der Waals surface area contributed by atoms with Crippen LogP contribution in [-0.4, -0.2) is 22.1 Å². The summed E-state index contributed by atoms with van der Waals surface area (Å²) >= 11 is 0. The van der Waals surface area contributed by atoms with Gasteiger partial charge in [0.1, 0.15) is 17.2 Å². The smallest absolute Gasteiger partial charge is 0.139 e. The fourth-order valence-electron chi connectivity index (χ4n) is 3.89. The molecule has 0 atom stereocenters. The number of aromatic nitrogens is 2. The van der Waals surface area contributed by atoms with Gasteiger partial charge in [-0.15, -0.1) is 0 Å². The quantitative estimate of drug-likeness (QED) is 0.554. The Morgan fingerprint density at radius 3 is 2.67 bits per heavy atom. The Bertz CT molecular complexity index is 1060. The van der Waals surface area contributed by atoms with Crippen molar-refractivity contribution in [3.63, 3.8) is 0 Å². The number of para-hydroxylation sites is 1. The molecular formula is C22H22N4O. The number of hydrogen-bond acceptors (Lipinski definition) is 5. The van der Waals surface area contributed by atoms with Gasteiger partial charge in [-0.1, -0.05) is 18.2 Å². The van der Waals surface area contributed by atoms with E-state index in [2.05, 4.69) is 28.5 Å². The van der Waals surface area contributed by atoms with Gasteiger partial charge in [-0.05, 0) is 49.9 Å². The minimum absolute atomic E-state index is 0.346. The van der Waals surface area contributed by atoms with Gasteiger partial charge in [0, 0.05) is 35.2 Å². The minimum Gasteiger partial charge on any atom is -0.456 e. The van der Waals surface area contributed by atoms with Crippen molar-refractivity contribution in [1.29, 1.82) is 0 Å². The summed E-state index contributed by atoms with van der Waals surface area (Å²) in [6, 6.07) is 15.0. The molecule has 3 aromatic heterocycles. The molecule has 1 aromatic carbocycles. The van der Waals surface area contributed by atoms with Crippen molar-refractivity contribution in [1.82, 2.24) is 9.97 Å². The first kappa shape index (κ1) is 16.3. The Labute approximate surface area is 157 Å². The van der Waals surface area contributed by atoms with Crippen molar-refractivity contribution in [2.24, 2.45) is 5.73 Å². The number of nitrogens with zero attached hydrogens (tertiary/aromatic N) is 2. The van der Waals surface area contributed by atoms with Crippen LogP contribution in [0.1, 0.15) is 25.7 Å². The van der Waals surface area contributed by atoms with Crippen LogP contribution < -0.4 is 11.1 Å². The third kappa shape index (κ3) is 3.15. The van der Waals surface area contributed by atoms with Crippen molar-refractivity contribution >= 4 is 27.7 Å². The van der Waals surface area contributed by atoms with Crippen LogP contribution in [-0.2, 0) is 0 Å². The van der Waals surface area contributed by atoms with Crippen LogP contribution in [0.25, 0.3) is 33.2 Å². The molecule has 1 saturated carbocycles. The number of hydrogen-bond donors (Lipinski definition) is 2. The lowest BCUT2D eigenvalue weighted by Gasteiger charge is -2.27. The maximum Gasteiger partial charge on any atom is 0.139 e. The van der Waals surface area contributed by atoms with E-state index < -0.39 is 0 Å². The maximum absolute atomic E-state index is 6.05. The molecule has 3 N–H and O–H groups in total. The van der Waals surface area contributed by atoms with Gasteiger partial charge in [0.05, 0.1) is 11.1 Å². The third-order valence-corrected chi connectivity index (χ3v) is 5.41. The Kier molecular flexibility index (Phi) is 4.02. The lowest BCUT2D eigenvalue weighted by atomic mass is 9.92. The van der Waals surface area contributed by atoms with Gasteiger partial charge < -0.3 is 15.5 Å². The Morgan fingerprint density at radius 1 is 0.963 bits per heavy atom. The SMILES string of the molecule is N[C@H]1CC[C@H](Nc2ccc3cncc(-c4cc5ccccc5o4)c3n2)CC1. The predicted molar refractivity (Wildman–Crippen MR) is 109 cm³/mol. The summed E-state index contributed by atoms with van der Waals surface area (Å²) in [6.07, 6.45) is 7.99. The number of rotatable bonds is 3. The third-order valence-electron chi connectivity index (χ3n) is 5.41. The van der Waals surface area contributed by atoms with Crippen molar-refractivity contribution < 1.29 is 4.42 Å². The van der Waals surface area contributed by atoms with Gasteiger partial charge in [-0.25, -0.2) is 4.98 Å². The molecule has 0 unspecified atom stereocenters. The number of pyridine rings is 2. The first-order valence-corrected chi connectivity index (χ1v) is 9.52. The van der Waals surface area contributed by atoms with Crippen LogP contribution in [0.15, 0.2) is 59.3 Å². The molecule has 27 heavy (non-hydrogen) atoms. The molecular weight excluding hydrogens is 336 g/mol. The summed E-state index contributed by atoms with van der Waals surface area (Å²) in [6.45, 7) is 0. The summed E-state index contributed by atoms with van der Waals surface area (Å²) in [4.78, 5) is 9.27. The second-order valence-corrected chi connectivity index (χ2v) is 7.36. The summed E-state index contributed by atoms with van der Waals surface area (Å²) in [7, 11) is 0. The predicted octanol–water partition coefficient (Wildman–Crippen LogP) is 4.72. The van der Waals surface area contributed by atoms with Gasteiger partial charge in [0.25, 0.3) is 0 Å². The lowest BCUT2D eigenvalue weighted by Crippen LogP contribution is -2.33. The van der Waals surface area contributed by atoms with E-state index in [4.69, 9.17) is 15.1 Å². The first-order valence-electron chi connectivity index (χ1n) is 9.52. The van der Waals surface area contributed by atoms with Crippen LogP contribution in [0, 0.1) is 0 Å². The van der Waals surface area contributed by atoms with Crippen LogP contribution in [0.3, 0.4) is 0 Å². The topological polar surface area (TPSA) is 77.0 Å². The van der Waals surface area contributed by atoms with E-state index >= 15 is 0 Å². The standard InChI is InChI=1S/C22H22N4O/c23-16-6-8-17(9-7-16)25-21-10-5-15-12-24-13-18(22(15)26-21)20-11-14-3-1-2-4-19(14)27-20/h1-5,10-13,16-17H,6-9,23H2,(H,25,26)/t16-,17-. The van der Waals surface area contributed by atoms with E-state index in [0.717, 1.165) is 64.7 Å². The Balaban J connectivity index is 1.52. The Morgan fingerprint density at radius 2 is 1.81 bits per heavy atom. The van der Waals surface area contributed by atoms with Gasteiger partial charge in [0.15, 0.2) is 0 Å². The molecule has 1 aliphatic rings. The van der Waals surface area contributed by atoms with Crippen LogP contribution >= 0.6 is 0 Å².